The average molecular weight is 170 g/mol. The van der Waals surface area contributed by atoms with Crippen LogP contribution in [0.4, 0.5) is 0 Å². The molecule has 12 heavy (non-hydrogen) atoms. The number of aliphatic hydroxyl groups excluding tert-OH is 2. The molecule has 1 heterocycles. The number of nitrogens with zero attached hydrogens (tertiary/aromatic N) is 1. The van der Waals surface area contributed by atoms with Gasteiger partial charge in [-0.15, -0.1) is 0 Å². The quantitative estimate of drug-likeness (QED) is 0.479. The van der Waals surface area contributed by atoms with E-state index in [1.54, 1.807) is 0 Å². The van der Waals surface area contributed by atoms with Crippen molar-refractivity contribution in [3.8, 4) is 0 Å². The van der Waals surface area contributed by atoms with Gasteiger partial charge in [0.05, 0.1) is 18.8 Å². The minimum atomic E-state index is -0.616. The van der Waals surface area contributed by atoms with Gasteiger partial charge in [-0.05, 0) is 12.8 Å². The largest absolute Gasteiger partial charge is 0.390 e. The fourth-order valence-electron chi connectivity index (χ4n) is 1.92. The van der Waals surface area contributed by atoms with E-state index in [0.717, 1.165) is 25.3 Å². The number of hydrogen-bond acceptors (Lipinski definition) is 4. The van der Waals surface area contributed by atoms with Crippen molar-refractivity contribution in [3.05, 3.63) is 0 Å². The Kier molecular flexibility index (Phi) is 2.02. The van der Waals surface area contributed by atoms with Crippen molar-refractivity contribution in [3.63, 3.8) is 0 Å². The van der Waals surface area contributed by atoms with Gasteiger partial charge in [-0.25, -0.2) is 0 Å². The Hall–Kier alpha value is -0.610. The van der Waals surface area contributed by atoms with Crippen LogP contribution in [0.5, 0.6) is 0 Å². The molecular weight excluding hydrogens is 156 g/mol. The van der Waals surface area contributed by atoms with Gasteiger partial charge < -0.3 is 15.5 Å². The SMILES string of the molecule is OC1CCC(C2=NCCN2)C1O. The zero-order chi connectivity index (χ0) is 8.55. The third kappa shape index (κ3) is 1.21. The molecule has 68 valence electrons. The maximum atomic E-state index is 9.55. The molecule has 4 heteroatoms. The zero-order valence-electron chi connectivity index (χ0n) is 6.90. The van der Waals surface area contributed by atoms with Crippen LogP contribution in [-0.4, -0.2) is 41.3 Å². The summed E-state index contributed by atoms with van der Waals surface area (Å²) in [6, 6.07) is 0. The normalized spacial score (nSPS) is 41.2. The molecule has 3 unspecified atom stereocenters. The van der Waals surface area contributed by atoms with Crippen LogP contribution in [0.1, 0.15) is 12.8 Å². The first-order valence-electron chi connectivity index (χ1n) is 4.43. The molecule has 1 fully saturated rings. The number of nitrogens with one attached hydrogen (secondary N) is 1. The highest BCUT2D eigenvalue weighted by Gasteiger charge is 2.37. The van der Waals surface area contributed by atoms with E-state index >= 15 is 0 Å². The third-order valence-electron chi connectivity index (χ3n) is 2.63. The van der Waals surface area contributed by atoms with Crippen LogP contribution < -0.4 is 5.32 Å². The van der Waals surface area contributed by atoms with Crippen LogP contribution in [0, 0.1) is 5.92 Å². The summed E-state index contributed by atoms with van der Waals surface area (Å²) in [7, 11) is 0. The Bertz CT molecular complexity index is 205. The second-order valence-electron chi connectivity index (χ2n) is 3.44. The van der Waals surface area contributed by atoms with Crippen LogP contribution in [0.25, 0.3) is 0 Å². The van der Waals surface area contributed by atoms with E-state index < -0.39 is 12.2 Å². The van der Waals surface area contributed by atoms with Crippen LogP contribution in [0.15, 0.2) is 4.99 Å². The number of aliphatic imine (C=N–C) groups is 1. The molecule has 0 amide bonds. The summed E-state index contributed by atoms with van der Waals surface area (Å²) in [4.78, 5) is 4.24. The lowest BCUT2D eigenvalue weighted by molar-refractivity contribution is 0.0327. The Labute approximate surface area is 71.3 Å². The molecule has 3 atom stereocenters. The Morgan fingerprint density at radius 3 is 2.67 bits per heavy atom. The predicted octanol–water partition coefficient (Wildman–Crippen LogP) is -0.880. The van der Waals surface area contributed by atoms with Crippen molar-refractivity contribution < 1.29 is 10.2 Å². The molecule has 4 nitrogen and oxygen atoms in total. The van der Waals surface area contributed by atoms with Gasteiger partial charge in [-0.3, -0.25) is 4.99 Å². The molecular formula is C8H14N2O2. The van der Waals surface area contributed by atoms with Gasteiger partial charge in [0.25, 0.3) is 0 Å². The second kappa shape index (κ2) is 3.03. The molecule has 1 aliphatic carbocycles. The number of aliphatic hydroxyl groups is 2. The van der Waals surface area contributed by atoms with E-state index in [4.69, 9.17) is 0 Å². The Balaban J connectivity index is 2.04. The average Bonchev–Trinajstić information content (AvgIpc) is 2.64. The number of rotatable bonds is 1. The van der Waals surface area contributed by atoms with Crippen molar-refractivity contribution in [1.29, 1.82) is 0 Å². The second-order valence-corrected chi connectivity index (χ2v) is 3.44. The van der Waals surface area contributed by atoms with Crippen LogP contribution in [0.2, 0.25) is 0 Å². The number of amidine groups is 1. The van der Waals surface area contributed by atoms with Crippen LogP contribution >= 0.6 is 0 Å². The van der Waals surface area contributed by atoms with Crippen molar-refractivity contribution in [2.75, 3.05) is 13.1 Å². The highest BCUT2D eigenvalue weighted by atomic mass is 16.3. The fraction of sp³-hybridized carbons (Fsp3) is 0.875. The van der Waals surface area contributed by atoms with E-state index in [1.165, 1.54) is 0 Å². The standard InChI is InChI=1S/C8H14N2O2/c11-6-2-1-5(7(6)12)8-9-3-4-10-8/h5-7,11-12H,1-4H2,(H,9,10). The summed E-state index contributed by atoms with van der Waals surface area (Å²) in [6.07, 6.45) is 0.357. The molecule has 3 N–H and O–H groups in total. The maximum Gasteiger partial charge on any atom is 0.102 e. The molecule has 0 saturated heterocycles. The van der Waals surface area contributed by atoms with Crippen LogP contribution in [-0.2, 0) is 0 Å². The number of hydrogen-bond donors (Lipinski definition) is 3. The summed E-state index contributed by atoms with van der Waals surface area (Å²) < 4.78 is 0. The highest BCUT2D eigenvalue weighted by molar-refractivity contribution is 5.86. The van der Waals surface area contributed by atoms with Gasteiger partial charge in [-0.1, -0.05) is 0 Å². The summed E-state index contributed by atoms with van der Waals surface area (Å²) in [6.45, 7) is 1.67. The fourth-order valence-corrected chi connectivity index (χ4v) is 1.92. The minimum absolute atomic E-state index is 0.0440. The van der Waals surface area contributed by atoms with Gasteiger partial charge in [-0.2, -0.15) is 0 Å². The summed E-state index contributed by atoms with van der Waals surface area (Å²) >= 11 is 0. The topological polar surface area (TPSA) is 64.9 Å². The molecule has 0 spiro atoms. The van der Waals surface area contributed by atoms with E-state index in [1.807, 2.05) is 0 Å². The Morgan fingerprint density at radius 2 is 2.17 bits per heavy atom. The predicted molar refractivity (Wildman–Crippen MR) is 45.0 cm³/mol. The molecule has 0 bridgehead atoms. The van der Waals surface area contributed by atoms with E-state index in [0.29, 0.717) is 6.42 Å². The van der Waals surface area contributed by atoms with Gasteiger partial charge >= 0.3 is 0 Å². The first-order valence-corrected chi connectivity index (χ1v) is 4.43. The molecule has 0 radical (unpaired) electrons. The minimum Gasteiger partial charge on any atom is -0.390 e. The van der Waals surface area contributed by atoms with Gasteiger partial charge in [0.2, 0.25) is 0 Å². The van der Waals surface area contributed by atoms with Crippen molar-refractivity contribution >= 4 is 5.84 Å². The highest BCUT2D eigenvalue weighted by Crippen LogP contribution is 2.27. The molecule has 0 aromatic rings. The van der Waals surface area contributed by atoms with Crippen molar-refractivity contribution in [2.24, 2.45) is 10.9 Å². The Morgan fingerprint density at radius 1 is 1.33 bits per heavy atom. The third-order valence-corrected chi connectivity index (χ3v) is 2.63. The van der Waals surface area contributed by atoms with Crippen LogP contribution in [0.3, 0.4) is 0 Å². The summed E-state index contributed by atoms with van der Waals surface area (Å²) in [5.41, 5.74) is 0. The first kappa shape index (κ1) is 8.01. The molecule has 1 aliphatic heterocycles. The molecule has 2 aliphatic rings. The van der Waals surface area contributed by atoms with Crippen molar-refractivity contribution in [2.45, 2.75) is 25.0 Å². The molecule has 1 saturated carbocycles. The zero-order valence-corrected chi connectivity index (χ0v) is 6.90. The van der Waals surface area contributed by atoms with Gasteiger partial charge in [0, 0.05) is 12.5 Å². The lowest BCUT2D eigenvalue weighted by Crippen LogP contribution is -2.35. The maximum absolute atomic E-state index is 9.55. The smallest absolute Gasteiger partial charge is 0.102 e. The first-order chi connectivity index (χ1) is 5.79. The van der Waals surface area contributed by atoms with E-state index in [2.05, 4.69) is 10.3 Å². The molecule has 0 aromatic heterocycles. The lowest BCUT2D eigenvalue weighted by Gasteiger charge is -2.16. The summed E-state index contributed by atoms with van der Waals surface area (Å²) in [5, 5.41) is 22.0. The van der Waals surface area contributed by atoms with E-state index in [9.17, 15) is 10.2 Å². The lowest BCUT2D eigenvalue weighted by atomic mass is 10.0. The van der Waals surface area contributed by atoms with Gasteiger partial charge in [0.15, 0.2) is 0 Å². The van der Waals surface area contributed by atoms with Gasteiger partial charge in [0.1, 0.15) is 5.84 Å². The molecule has 0 aromatic carbocycles. The van der Waals surface area contributed by atoms with E-state index in [-0.39, 0.29) is 5.92 Å². The van der Waals surface area contributed by atoms with Crippen molar-refractivity contribution in [1.82, 2.24) is 5.32 Å². The summed E-state index contributed by atoms with van der Waals surface area (Å²) in [5.74, 6) is 0.932. The monoisotopic (exact) mass is 170 g/mol. The molecule has 2 rings (SSSR count).